The lowest BCUT2D eigenvalue weighted by molar-refractivity contribution is 0.294. The van der Waals surface area contributed by atoms with E-state index in [1.165, 1.54) is 0 Å². The summed E-state index contributed by atoms with van der Waals surface area (Å²) in [6, 6.07) is 7.51. The number of oxime groups is 1. The lowest BCUT2D eigenvalue weighted by Gasteiger charge is -2.08. The Bertz CT molecular complexity index is 648. The van der Waals surface area contributed by atoms with Gasteiger partial charge in [-0.1, -0.05) is 12.1 Å². The van der Waals surface area contributed by atoms with E-state index >= 15 is 0 Å². The van der Waals surface area contributed by atoms with Gasteiger partial charge in [-0.3, -0.25) is 4.68 Å². The van der Waals surface area contributed by atoms with Crippen molar-refractivity contribution in [2.45, 2.75) is 26.9 Å². The maximum absolute atomic E-state index is 8.91. The molecule has 5 nitrogen and oxygen atoms in total. The van der Waals surface area contributed by atoms with Gasteiger partial charge in [0.2, 0.25) is 0 Å². The minimum Gasteiger partial charge on any atom is -0.487 e. The van der Waals surface area contributed by atoms with E-state index in [2.05, 4.69) is 26.2 Å². The predicted molar refractivity (Wildman–Crippen MR) is 85.0 cm³/mol. The number of halogens is 1. The molecule has 6 heteroatoms. The number of nitrogens with zero attached hydrogens (tertiary/aromatic N) is 3. The molecule has 0 saturated carbocycles. The number of aromatic nitrogens is 2. The van der Waals surface area contributed by atoms with Gasteiger partial charge >= 0.3 is 0 Å². The molecule has 0 aliphatic rings. The first-order valence-corrected chi connectivity index (χ1v) is 7.48. The second-order valence-corrected chi connectivity index (χ2v) is 5.48. The van der Waals surface area contributed by atoms with Crippen molar-refractivity contribution in [3.05, 3.63) is 45.7 Å². The number of hydrogen-bond acceptors (Lipinski definition) is 4. The summed E-state index contributed by atoms with van der Waals surface area (Å²) in [5.41, 5.74) is 3.48. The fourth-order valence-corrected chi connectivity index (χ4v) is 2.52. The zero-order chi connectivity index (χ0) is 15.4. The monoisotopic (exact) mass is 351 g/mol. The van der Waals surface area contributed by atoms with Crippen molar-refractivity contribution in [3.63, 3.8) is 0 Å². The van der Waals surface area contributed by atoms with Crippen molar-refractivity contribution in [1.82, 2.24) is 9.78 Å². The van der Waals surface area contributed by atoms with Crippen molar-refractivity contribution >= 4 is 21.6 Å². The van der Waals surface area contributed by atoms with Gasteiger partial charge in [-0.2, -0.15) is 5.10 Å². The minimum absolute atomic E-state index is 0.437. The fraction of sp³-hybridized carbons (Fsp3) is 0.333. The summed E-state index contributed by atoms with van der Waals surface area (Å²) in [4.78, 5) is 0. The average Bonchev–Trinajstić information content (AvgIpc) is 2.73. The molecule has 2 aromatic rings. The first-order valence-electron chi connectivity index (χ1n) is 6.69. The second kappa shape index (κ2) is 6.76. The molecule has 0 unspecified atom stereocenters. The summed E-state index contributed by atoms with van der Waals surface area (Å²) in [5, 5.41) is 16.5. The Morgan fingerprint density at radius 2 is 2.05 bits per heavy atom. The van der Waals surface area contributed by atoms with Crippen LogP contribution in [0.1, 0.15) is 30.3 Å². The number of ether oxygens (including phenoxy) is 1. The van der Waals surface area contributed by atoms with E-state index in [-0.39, 0.29) is 0 Å². The van der Waals surface area contributed by atoms with Crippen LogP contribution in [-0.4, -0.2) is 20.7 Å². The summed E-state index contributed by atoms with van der Waals surface area (Å²) in [7, 11) is 1.89. The van der Waals surface area contributed by atoms with E-state index in [0.717, 1.165) is 27.2 Å². The van der Waals surface area contributed by atoms with Gasteiger partial charge in [-0.05, 0) is 59.1 Å². The van der Waals surface area contributed by atoms with Crippen LogP contribution in [0.25, 0.3) is 0 Å². The maximum Gasteiger partial charge on any atom is 0.131 e. The second-order valence-electron chi connectivity index (χ2n) is 4.68. The third-order valence-corrected chi connectivity index (χ3v) is 4.31. The maximum atomic E-state index is 8.91. The SMILES string of the molecule is CCC(=NO)c1ccc(OCc2c(Br)c(C)nn2C)cc1. The Hall–Kier alpha value is -1.82. The van der Waals surface area contributed by atoms with Crippen molar-refractivity contribution in [1.29, 1.82) is 0 Å². The van der Waals surface area contributed by atoms with Crippen molar-refractivity contribution < 1.29 is 9.94 Å². The molecule has 1 aromatic carbocycles. The zero-order valence-electron chi connectivity index (χ0n) is 12.3. The lowest BCUT2D eigenvalue weighted by Crippen LogP contribution is -2.04. The van der Waals surface area contributed by atoms with Crippen molar-refractivity contribution in [2.75, 3.05) is 0 Å². The molecule has 0 aliphatic carbocycles. The van der Waals surface area contributed by atoms with Crippen LogP contribution in [-0.2, 0) is 13.7 Å². The van der Waals surface area contributed by atoms with Crippen LogP contribution in [0.2, 0.25) is 0 Å². The van der Waals surface area contributed by atoms with Gasteiger partial charge in [0.15, 0.2) is 0 Å². The van der Waals surface area contributed by atoms with E-state index < -0.39 is 0 Å². The van der Waals surface area contributed by atoms with E-state index in [4.69, 9.17) is 9.94 Å². The summed E-state index contributed by atoms with van der Waals surface area (Å²) in [6.45, 7) is 4.33. The molecule has 0 radical (unpaired) electrons. The van der Waals surface area contributed by atoms with Crippen LogP contribution >= 0.6 is 15.9 Å². The zero-order valence-corrected chi connectivity index (χ0v) is 13.9. The number of hydrogen-bond donors (Lipinski definition) is 1. The van der Waals surface area contributed by atoms with Gasteiger partial charge in [0, 0.05) is 7.05 Å². The highest BCUT2D eigenvalue weighted by Crippen LogP contribution is 2.22. The van der Waals surface area contributed by atoms with Crippen LogP contribution in [0.3, 0.4) is 0 Å². The Kier molecular flexibility index (Phi) is 5.01. The molecule has 21 heavy (non-hydrogen) atoms. The van der Waals surface area contributed by atoms with Crippen LogP contribution in [0.4, 0.5) is 0 Å². The standard InChI is InChI=1S/C15H18BrN3O2/c1-4-13(18-20)11-5-7-12(8-6-11)21-9-14-15(16)10(2)17-19(14)3/h5-8,20H,4,9H2,1-3H3. The quantitative estimate of drug-likeness (QED) is 0.508. The van der Waals surface area contributed by atoms with Crippen molar-refractivity contribution in [3.8, 4) is 5.75 Å². The summed E-state index contributed by atoms with van der Waals surface area (Å²) >= 11 is 3.52. The molecule has 1 N–H and O–H groups in total. The summed E-state index contributed by atoms with van der Waals surface area (Å²) in [5.74, 6) is 0.762. The average molecular weight is 352 g/mol. The minimum atomic E-state index is 0.437. The predicted octanol–water partition coefficient (Wildman–Crippen LogP) is 3.66. The van der Waals surface area contributed by atoms with Crippen LogP contribution in [0.5, 0.6) is 5.75 Å². The van der Waals surface area contributed by atoms with E-state index in [9.17, 15) is 0 Å². The van der Waals surface area contributed by atoms with E-state index in [0.29, 0.717) is 18.7 Å². The van der Waals surface area contributed by atoms with Gasteiger partial charge in [0.1, 0.15) is 12.4 Å². The Balaban J connectivity index is 2.07. The normalized spacial score (nSPS) is 11.7. The smallest absolute Gasteiger partial charge is 0.131 e. The molecule has 0 fully saturated rings. The molecular formula is C15H18BrN3O2. The van der Waals surface area contributed by atoms with Gasteiger partial charge in [0.25, 0.3) is 0 Å². The third kappa shape index (κ3) is 3.44. The highest BCUT2D eigenvalue weighted by molar-refractivity contribution is 9.10. The van der Waals surface area contributed by atoms with Crippen LogP contribution in [0.15, 0.2) is 33.9 Å². The lowest BCUT2D eigenvalue weighted by atomic mass is 10.1. The molecule has 0 aliphatic heterocycles. The van der Waals surface area contributed by atoms with Crippen LogP contribution < -0.4 is 4.74 Å². The fourth-order valence-electron chi connectivity index (χ4n) is 2.06. The highest BCUT2D eigenvalue weighted by Gasteiger charge is 2.11. The molecule has 1 heterocycles. The molecule has 112 valence electrons. The Morgan fingerprint density at radius 1 is 1.38 bits per heavy atom. The molecule has 1 aromatic heterocycles. The molecule has 0 saturated heterocycles. The topological polar surface area (TPSA) is 59.6 Å². The first kappa shape index (κ1) is 15.6. The Morgan fingerprint density at radius 3 is 2.52 bits per heavy atom. The van der Waals surface area contributed by atoms with Gasteiger partial charge in [-0.15, -0.1) is 0 Å². The van der Waals surface area contributed by atoms with Gasteiger partial charge in [-0.25, -0.2) is 0 Å². The molecule has 2 rings (SSSR count). The Labute approximate surface area is 132 Å². The number of benzene rings is 1. The summed E-state index contributed by atoms with van der Waals surface area (Å²) < 4.78 is 8.56. The van der Waals surface area contributed by atoms with Crippen molar-refractivity contribution in [2.24, 2.45) is 12.2 Å². The van der Waals surface area contributed by atoms with E-state index in [1.807, 2.05) is 45.2 Å². The van der Waals surface area contributed by atoms with Gasteiger partial charge in [0.05, 0.1) is 21.6 Å². The molecule has 0 amide bonds. The third-order valence-electron chi connectivity index (χ3n) is 3.28. The molecule has 0 spiro atoms. The van der Waals surface area contributed by atoms with Gasteiger partial charge < -0.3 is 9.94 Å². The highest BCUT2D eigenvalue weighted by atomic mass is 79.9. The largest absolute Gasteiger partial charge is 0.487 e. The molecule has 0 atom stereocenters. The number of rotatable bonds is 5. The van der Waals surface area contributed by atoms with Crippen LogP contribution in [0, 0.1) is 6.92 Å². The summed E-state index contributed by atoms with van der Waals surface area (Å²) in [6.07, 6.45) is 0.679. The molecule has 0 bridgehead atoms. The first-order chi connectivity index (χ1) is 10.1. The number of aryl methyl sites for hydroxylation is 2. The molecular weight excluding hydrogens is 334 g/mol. The van der Waals surface area contributed by atoms with E-state index in [1.54, 1.807) is 4.68 Å².